The first kappa shape index (κ1) is 11.5. The van der Waals surface area contributed by atoms with E-state index in [1.165, 1.54) is 0 Å². The molecule has 0 saturated heterocycles. The van der Waals surface area contributed by atoms with E-state index in [9.17, 15) is 0 Å². The van der Waals surface area contributed by atoms with Crippen LogP contribution in [0.4, 0.5) is 0 Å². The Morgan fingerprint density at radius 2 is 1.09 bits per heavy atom. The van der Waals surface area contributed by atoms with Gasteiger partial charge >= 0.3 is 76.6 Å². The van der Waals surface area contributed by atoms with Crippen LogP contribution in [-0.4, -0.2) is 14.3 Å². The van der Waals surface area contributed by atoms with Crippen LogP contribution in [0.3, 0.4) is 0 Å². The molecule has 0 N–H and O–H groups in total. The third kappa shape index (κ3) is 3.64. The van der Waals surface area contributed by atoms with Crippen molar-refractivity contribution in [3.8, 4) is 0 Å². The topological polar surface area (TPSA) is 0 Å². The van der Waals surface area contributed by atoms with Crippen LogP contribution >= 0.6 is 0 Å². The zero-order valence-electron chi connectivity index (χ0n) is 9.23. The molecule has 0 unspecified atom stereocenters. The van der Waals surface area contributed by atoms with E-state index in [2.05, 4.69) is 48.5 Å². The standard InChI is InChI=1S/C10H24Ge/c1-8(2)11(9(3)4)10(5,6)7/h8-9,11H,1-7H3. The molecule has 0 fully saturated rings. The van der Waals surface area contributed by atoms with Gasteiger partial charge in [0.2, 0.25) is 0 Å². The number of hydrogen-bond acceptors (Lipinski definition) is 0. The molecule has 0 nitrogen and oxygen atoms in total. The fourth-order valence-electron chi connectivity index (χ4n) is 2.77. The second kappa shape index (κ2) is 3.97. The van der Waals surface area contributed by atoms with Gasteiger partial charge in [-0.15, -0.1) is 0 Å². The number of hydrogen-bond donors (Lipinski definition) is 0. The fraction of sp³-hybridized carbons (Fsp3) is 1.00. The quantitative estimate of drug-likeness (QED) is 0.616. The summed E-state index contributed by atoms with van der Waals surface area (Å²) in [6.45, 7) is 16.9. The van der Waals surface area contributed by atoms with Gasteiger partial charge in [-0.05, 0) is 0 Å². The van der Waals surface area contributed by atoms with Gasteiger partial charge in [0, 0.05) is 0 Å². The van der Waals surface area contributed by atoms with E-state index < -0.39 is 14.3 Å². The summed E-state index contributed by atoms with van der Waals surface area (Å²) in [5.74, 6) is 0. The van der Waals surface area contributed by atoms with Crippen molar-refractivity contribution in [2.24, 2.45) is 0 Å². The first-order chi connectivity index (χ1) is 4.76. The Morgan fingerprint density at radius 1 is 0.818 bits per heavy atom. The molecule has 0 amide bonds. The summed E-state index contributed by atoms with van der Waals surface area (Å²) in [7, 11) is 0. The molecule has 0 radical (unpaired) electrons. The van der Waals surface area contributed by atoms with Crippen LogP contribution in [0.2, 0.25) is 13.7 Å². The molecule has 0 bridgehead atoms. The molecule has 0 aromatic heterocycles. The van der Waals surface area contributed by atoms with Crippen molar-refractivity contribution >= 4 is 14.3 Å². The van der Waals surface area contributed by atoms with E-state index >= 15 is 0 Å². The molecule has 0 aromatic rings. The minimum atomic E-state index is -1.06. The Bertz CT molecular complexity index is 101. The molecule has 0 aliphatic heterocycles. The molecular weight excluding hydrogens is 193 g/mol. The minimum absolute atomic E-state index is 0.648. The average molecular weight is 217 g/mol. The van der Waals surface area contributed by atoms with Crippen LogP contribution in [0.25, 0.3) is 0 Å². The molecule has 0 heterocycles. The van der Waals surface area contributed by atoms with Crippen LogP contribution < -0.4 is 0 Å². The second-order valence-corrected chi connectivity index (χ2v) is 16.8. The molecule has 0 rings (SSSR count). The predicted molar refractivity (Wildman–Crippen MR) is 57.1 cm³/mol. The van der Waals surface area contributed by atoms with E-state index in [0.717, 1.165) is 9.50 Å². The molecule has 0 spiro atoms. The fourth-order valence-corrected chi connectivity index (χ4v) is 14.4. The Morgan fingerprint density at radius 3 is 1.09 bits per heavy atom. The van der Waals surface area contributed by atoms with Gasteiger partial charge in [0.1, 0.15) is 0 Å². The van der Waals surface area contributed by atoms with Gasteiger partial charge in [-0.1, -0.05) is 0 Å². The first-order valence-electron chi connectivity index (χ1n) is 4.76. The molecule has 68 valence electrons. The van der Waals surface area contributed by atoms with E-state index in [4.69, 9.17) is 0 Å². The summed E-state index contributed by atoms with van der Waals surface area (Å²) in [5, 5.41) is 0. The third-order valence-electron chi connectivity index (χ3n) is 2.44. The monoisotopic (exact) mass is 218 g/mol. The van der Waals surface area contributed by atoms with E-state index in [0.29, 0.717) is 4.25 Å². The second-order valence-electron chi connectivity index (χ2n) is 5.38. The molecule has 0 atom stereocenters. The summed E-state index contributed by atoms with van der Waals surface area (Å²) < 4.78 is 2.62. The van der Waals surface area contributed by atoms with Crippen molar-refractivity contribution in [3.63, 3.8) is 0 Å². The number of rotatable bonds is 2. The Labute approximate surface area is 76.9 Å². The zero-order valence-corrected chi connectivity index (χ0v) is 11.7. The van der Waals surface area contributed by atoms with Gasteiger partial charge in [-0.25, -0.2) is 0 Å². The van der Waals surface area contributed by atoms with Gasteiger partial charge in [-0.2, -0.15) is 0 Å². The zero-order chi connectivity index (χ0) is 9.23. The van der Waals surface area contributed by atoms with Crippen molar-refractivity contribution in [1.29, 1.82) is 0 Å². The van der Waals surface area contributed by atoms with Gasteiger partial charge in [0.25, 0.3) is 0 Å². The summed E-state index contributed by atoms with van der Waals surface area (Å²) in [4.78, 5) is 0. The molecule has 1 heteroatoms. The summed E-state index contributed by atoms with van der Waals surface area (Å²) in [5.41, 5.74) is 0. The molecule has 0 aliphatic rings. The molecule has 0 aromatic carbocycles. The van der Waals surface area contributed by atoms with Crippen LogP contribution in [0.1, 0.15) is 48.5 Å². The SMILES string of the molecule is C[CH](C)[GeH]([CH](C)C)[C](C)(C)C. The van der Waals surface area contributed by atoms with E-state index in [1.807, 2.05) is 0 Å². The van der Waals surface area contributed by atoms with Crippen molar-refractivity contribution in [3.05, 3.63) is 0 Å². The Hall–Kier alpha value is 0.543. The van der Waals surface area contributed by atoms with Gasteiger partial charge in [0.05, 0.1) is 0 Å². The van der Waals surface area contributed by atoms with Crippen molar-refractivity contribution < 1.29 is 0 Å². The predicted octanol–water partition coefficient (Wildman–Crippen LogP) is 3.83. The van der Waals surface area contributed by atoms with Crippen molar-refractivity contribution in [2.75, 3.05) is 0 Å². The van der Waals surface area contributed by atoms with Crippen LogP contribution in [0, 0.1) is 0 Å². The Balaban J connectivity index is 4.35. The van der Waals surface area contributed by atoms with Crippen LogP contribution in [0.5, 0.6) is 0 Å². The molecule has 11 heavy (non-hydrogen) atoms. The summed E-state index contributed by atoms with van der Waals surface area (Å²) in [6, 6.07) is 0. The Kier molecular flexibility index (Phi) is 4.17. The maximum atomic E-state index is 2.43. The van der Waals surface area contributed by atoms with Crippen LogP contribution in [-0.2, 0) is 0 Å². The van der Waals surface area contributed by atoms with Crippen molar-refractivity contribution in [1.82, 2.24) is 0 Å². The van der Waals surface area contributed by atoms with E-state index in [-0.39, 0.29) is 0 Å². The van der Waals surface area contributed by atoms with Gasteiger partial charge in [-0.3, -0.25) is 0 Å². The molecule has 0 saturated carbocycles. The van der Waals surface area contributed by atoms with Gasteiger partial charge in [0.15, 0.2) is 0 Å². The van der Waals surface area contributed by atoms with Crippen molar-refractivity contribution in [2.45, 2.75) is 62.2 Å². The first-order valence-corrected chi connectivity index (χ1v) is 8.77. The molecule has 0 aliphatic carbocycles. The maximum absolute atomic E-state index is 2.43. The molecular formula is C10H24Ge. The third-order valence-corrected chi connectivity index (χ3v) is 12.7. The average Bonchev–Trinajstić information content (AvgIpc) is 1.54. The normalized spacial score (nSPS) is 13.6. The summed E-state index contributed by atoms with van der Waals surface area (Å²) in [6.07, 6.45) is 0. The van der Waals surface area contributed by atoms with Gasteiger partial charge < -0.3 is 0 Å². The summed E-state index contributed by atoms with van der Waals surface area (Å²) >= 11 is -1.06. The van der Waals surface area contributed by atoms with Crippen LogP contribution in [0.15, 0.2) is 0 Å². The van der Waals surface area contributed by atoms with E-state index in [1.54, 1.807) is 0 Å².